The van der Waals surface area contributed by atoms with E-state index in [1.54, 1.807) is 37.3 Å². The molecule has 0 bridgehead atoms. The molecule has 0 aromatic heterocycles. The largest absolute Gasteiger partial charge is 0.493 e. The number of nitrogens with zero attached hydrogens (tertiary/aromatic N) is 1. The Bertz CT molecular complexity index is 758. The lowest BCUT2D eigenvalue weighted by Gasteiger charge is -2.19. The smallest absolute Gasteiger partial charge is 0.253 e. The summed E-state index contributed by atoms with van der Waals surface area (Å²) in [5.74, 6) is 2.34. The Morgan fingerprint density at radius 1 is 1.07 bits per heavy atom. The van der Waals surface area contributed by atoms with E-state index in [9.17, 15) is 4.79 Å². The van der Waals surface area contributed by atoms with Crippen molar-refractivity contribution < 1.29 is 19.0 Å². The molecular formula is C22H29NO4. The first-order valence-electron chi connectivity index (χ1n) is 9.16. The van der Waals surface area contributed by atoms with Gasteiger partial charge in [0.1, 0.15) is 12.4 Å². The molecule has 2 rings (SSSR count). The van der Waals surface area contributed by atoms with Gasteiger partial charge in [0.2, 0.25) is 0 Å². The number of benzene rings is 2. The Morgan fingerprint density at radius 3 is 2.52 bits per heavy atom. The molecule has 0 radical (unpaired) electrons. The molecule has 0 atom stereocenters. The highest BCUT2D eigenvalue weighted by atomic mass is 16.5. The summed E-state index contributed by atoms with van der Waals surface area (Å²) in [4.78, 5) is 14.3. The van der Waals surface area contributed by atoms with Crippen LogP contribution >= 0.6 is 0 Å². The van der Waals surface area contributed by atoms with Crippen LogP contribution in [0.5, 0.6) is 17.2 Å². The van der Waals surface area contributed by atoms with E-state index in [2.05, 4.69) is 13.8 Å². The summed E-state index contributed by atoms with van der Waals surface area (Å²) in [6.07, 6.45) is 0. The lowest BCUT2D eigenvalue weighted by Crippen LogP contribution is -2.30. The number of methoxy groups -OCH3 is 1. The maximum absolute atomic E-state index is 12.7. The summed E-state index contributed by atoms with van der Waals surface area (Å²) in [5, 5.41) is 0. The molecule has 0 saturated carbocycles. The predicted molar refractivity (Wildman–Crippen MR) is 107 cm³/mol. The van der Waals surface area contributed by atoms with E-state index in [0.717, 1.165) is 11.3 Å². The van der Waals surface area contributed by atoms with Crippen molar-refractivity contribution in [1.29, 1.82) is 0 Å². The van der Waals surface area contributed by atoms with Crippen molar-refractivity contribution in [1.82, 2.24) is 4.90 Å². The molecule has 0 aliphatic heterocycles. The SMILES string of the molecule is COc1cc(C(=O)N(C)CCOc2cccc(C)c2)ccc1OCC(C)C. The second kappa shape index (κ2) is 9.86. The van der Waals surface area contributed by atoms with Crippen molar-refractivity contribution in [3.63, 3.8) is 0 Å². The zero-order valence-electron chi connectivity index (χ0n) is 16.8. The van der Waals surface area contributed by atoms with Gasteiger partial charge in [-0.05, 0) is 48.7 Å². The standard InChI is InChI=1S/C22H29NO4/c1-16(2)15-27-20-10-9-18(14-21(20)25-5)22(24)23(4)11-12-26-19-8-6-7-17(3)13-19/h6-10,13-14,16H,11-12,15H2,1-5H3. The van der Waals surface area contributed by atoms with Crippen LogP contribution in [0.25, 0.3) is 0 Å². The summed E-state index contributed by atoms with van der Waals surface area (Å²) in [7, 11) is 3.34. The van der Waals surface area contributed by atoms with E-state index in [1.165, 1.54) is 0 Å². The van der Waals surface area contributed by atoms with E-state index >= 15 is 0 Å². The average Bonchev–Trinajstić information content (AvgIpc) is 2.65. The van der Waals surface area contributed by atoms with Crippen molar-refractivity contribution in [2.75, 3.05) is 33.9 Å². The Labute approximate surface area is 161 Å². The fourth-order valence-corrected chi connectivity index (χ4v) is 2.50. The number of likely N-dealkylation sites (N-methyl/N-ethyl adjacent to an activating group) is 1. The van der Waals surface area contributed by atoms with Crippen LogP contribution in [0, 0.1) is 12.8 Å². The summed E-state index contributed by atoms with van der Waals surface area (Å²) in [5.41, 5.74) is 1.70. The lowest BCUT2D eigenvalue weighted by atomic mass is 10.1. The molecule has 5 heteroatoms. The molecule has 1 amide bonds. The normalized spacial score (nSPS) is 10.6. The molecule has 2 aromatic carbocycles. The van der Waals surface area contributed by atoms with Gasteiger partial charge in [-0.3, -0.25) is 4.79 Å². The van der Waals surface area contributed by atoms with Gasteiger partial charge in [0.25, 0.3) is 5.91 Å². The van der Waals surface area contributed by atoms with Gasteiger partial charge in [-0.1, -0.05) is 26.0 Å². The highest BCUT2D eigenvalue weighted by Gasteiger charge is 2.15. The Balaban J connectivity index is 1.94. The van der Waals surface area contributed by atoms with Gasteiger partial charge in [-0.15, -0.1) is 0 Å². The third kappa shape index (κ3) is 6.20. The number of aryl methyl sites for hydroxylation is 1. The molecule has 0 aliphatic rings. The number of rotatable bonds is 9. The molecule has 0 N–H and O–H groups in total. The zero-order valence-corrected chi connectivity index (χ0v) is 16.8. The van der Waals surface area contributed by atoms with Crippen LogP contribution in [-0.4, -0.2) is 44.7 Å². The minimum Gasteiger partial charge on any atom is -0.493 e. The van der Waals surface area contributed by atoms with Crippen molar-refractivity contribution in [3.05, 3.63) is 53.6 Å². The van der Waals surface area contributed by atoms with E-state index < -0.39 is 0 Å². The highest BCUT2D eigenvalue weighted by Crippen LogP contribution is 2.29. The third-order valence-corrected chi connectivity index (χ3v) is 4.01. The van der Waals surface area contributed by atoms with Crippen LogP contribution in [0.2, 0.25) is 0 Å². The quantitative estimate of drug-likeness (QED) is 0.663. The minimum atomic E-state index is -0.0865. The summed E-state index contributed by atoms with van der Waals surface area (Å²) in [6.45, 7) is 7.69. The number of hydrogen-bond acceptors (Lipinski definition) is 4. The molecule has 146 valence electrons. The summed E-state index contributed by atoms with van der Waals surface area (Å²) < 4.78 is 16.8. The number of amides is 1. The molecule has 0 unspecified atom stereocenters. The highest BCUT2D eigenvalue weighted by molar-refractivity contribution is 5.94. The number of carbonyl (C=O) groups excluding carboxylic acids is 1. The fourth-order valence-electron chi connectivity index (χ4n) is 2.50. The Kier molecular flexibility index (Phi) is 7.53. The third-order valence-electron chi connectivity index (χ3n) is 4.01. The number of carbonyl (C=O) groups is 1. The van der Waals surface area contributed by atoms with Crippen LogP contribution < -0.4 is 14.2 Å². The van der Waals surface area contributed by atoms with Crippen LogP contribution in [-0.2, 0) is 0 Å². The first-order valence-corrected chi connectivity index (χ1v) is 9.16. The van der Waals surface area contributed by atoms with Crippen LogP contribution in [0.15, 0.2) is 42.5 Å². The van der Waals surface area contributed by atoms with Gasteiger partial charge in [0.05, 0.1) is 20.3 Å². The van der Waals surface area contributed by atoms with Gasteiger partial charge in [0, 0.05) is 12.6 Å². The van der Waals surface area contributed by atoms with E-state index in [4.69, 9.17) is 14.2 Å². The van der Waals surface area contributed by atoms with Crippen molar-refractivity contribution >= 4 is 5.91 Å². The zero-order chi connectivity index (χ0) is 19.8. The molecule has 0 heterocycles. The van der Waals surface area contributed by atoms with Gasteiger partial charge in [-0.25, -0.2) is 0 Å². The Morgan fingerprint density at radius 2 is 1.85 bits per heavy atom. The monoisotopic (exact) mass is 371 g/mol. The molecule has 0 fully saturated rings. The average molecular weight is 371 g/mol. The van der Waals surface area contributed by atoms with Crippen LogP contribution in [0.4, 0.5) is 0 Å². The summed E-state index contributed by atoms with van der Waals surface area (Å²) in [6, 6.07) is 13.1. The van der Waals surface area contributed by atoms with Gasteiger partial charge in [-0.2, -0.15) is 0 Å². The second-order valence-corrected chi connectivity index (χ2v) is 6.96. The molecule has 5 nitrogen and oxygen atoms in total. The summed E-state index contributed by atoms with van der Waals surface area (Å²) >= 11 is 0. The minimum absolute atomic E-state index is 0.0865. The fraction of sp³-hybridized carbons (Fsp3) is 0.409. The van der Waals surface area contributed by atoms with E-state index in [0.29, 0.717) is 42.7 Å². The maximum Gasteiger partial charge on any atom is 0.253 e. The van der Waals surface area contributed by atoms with Crippen LogP contribution in [0.1, 0.15) is 29.8 Å². The predicted octanol–water partition coefficient (Wildman–Crippen LogP) is 4.19. The second-order valence-electron chi connectivity index (χ2n) is 6.96. The molecular weight excluding hydrogens is 342 g/mol. The molecule has 0 spiro atoms. The van der Waals surface area contributed by atoms with Crippen LogP contribution in [0.3, 0.4) is 0 Å². The topological polar surface area (TPSA) is 48.0 Å². The first-order chi connectivity index (χ1) is 12.9. The molecule has 27 heavy (non-hydrogen) atoms. The maximum atomic E-state index is 12.7. The lowest BCUT2D eigenvalue weighted by molar-refractivity contribution is 0.0773. The van der Waals surface area contributed by atoms with Crippen molar-refractivity contribution in [2.45, 2.75) is 20.8 Å². The number of hydrogen-bond donors (Lipinski definition) is 0. The van der Waals surface area contributed by atoms with Gasteiger partial charge < -0.3 is 19.1 Å². The van der Waals surface area contributed by atoms with Gasteiger partial charge in [0.15, 0.2) is 11.5 Å². The first kappa shape index (κ1) is 20.6. The van der Waals surface area contributed by atoms with E-state index in [1.807, 2.05) is 31.2 Å². The molecule has 0 saturated heterocycles. The van der Waals surface area contributed by atoms with Crippen molar-refractivity contribution in [2.24, 2.45) is 5.92 Å². The molecule has 0 aliphatic carbocycles. The molecule has 2 aromatic rings. The number of ether oxygens (including phenoxy) is 3. The van der Waals surface area contributed by atoms with Crippen molar-refractivity contribution in [3.8, 4) is 17.2 Å². The van der Waals surface area contributed by atoms with E-state index in [-0.39, 0.29) is 5.91 Å². The Hall–Kier alpha value is -2.69. The van der Waals surface area contributed by atoms with Gasteiger partial charge >= 0.3 is 0 Å².